The molecule has 0 aliphatic carbocycles. The van der Waals surface area contributed by atoms with Crippen molar-refractivity contribution >= 4 is 22.8 Å². The maximum absolute atomic E-state index is 12.3. The van der Waals surface area contributed by atoms with Crippen LogP contribution in [0.25, 0.3) is 10.9 Å². The molecule has 1 aromatic carbocycles. The highest BCUT2D eigenvalue weighted by Gasteiger charge is 2.21. The summed E-state index contributed by atoms with van der Waals surface area (Å²) in [5.74, 6) is -1.64. The van der Waals surface area contributed by atoms with Gasteiger partial charge in [-0.2, -0.15) is 0 Å². The molecule has 1 aromatic heterocycles. The van der Waals surface area contributed by atoms with E-state index < -0.39 is 23.5 Å². The van der Waals surface area contributed by atoms with Gasteiger partial charge in [0, 0.05) is 17.0 Å². The number of carboxylic acid groups (broad SMARTS) is 1. The van der Waals surface area contributed by atoms with E-state index in [0.29, 0.717) is 23.7 Å². The Morgan fingerprint density at radius 3 is 2.71 bits per heavy atom. The van der Waals surface area contributed by atoms with Gasteiger partial charge in [-0.05, 0) is 12.5 Å². The second-order valence-electron chi connectivity index (χ2n) is 4.75. The number of H-pyrrole nitrogens is 1. The largest absolute Gasteiger partial charge is 0.480 e. The number of aromatic amines is 1. The molecule has 110 valence electrons. The van der Waals surface area contributed by atoms with Crippen LogP contribution in [0.4, 0.5) is 0 Å². The smallest absolute Gasteiger partial charge is 0.326 e. The molecule has 0 aliphatic heterocycles. The predicted molar refractivity (Wildman–Crippen MR) is 78.4 cm³/mol. The number of pyridine rings is 1. The highest BCUT2D eigenvalue weighted by Crippen LogP contribution is 2.14. The molecule has 3 N–H and O–H groups in total. The molecule has 0 spiro atoms. The molecule has 21 heavy (non-hydrogen) atoms. The summed E-state index contributed by atoms with van der Waals surface area (Å²) in [4.78, 5) is 37.6. The summed E-state index contributed by atoms with van der Waals surface area (Å²) >= 11 is 0. The number of hydrogen-bond acceptors (Lipinski definition) is 3. The van der Waals surface area contributed by atoms with Gasteiger partial charge in [0.2, 0.25) is 5.56 Å². The van der Waals surface area contributed by atoms with Crippen molar-refractivity contribution in [1.82, 2.24) is 10.3 Å². The number of carbonyl (C=O) groups excluding carboxylic acids is 1. The minimum atomic E-state index is -1.08. The summed E-state index contributed by atoms with van der Waals surface area (Å²) in [5.41, 5.74) is 0.315. The molecule has 1 unspecified atom stereocenters. The van der Waals surface area contributed by atoms with Crippen LogP contribution in [0.15, 0.2) is 35.1 Å². The summed E-state index contributed by atoms with van der Waals surface area (Å²) in [7, 11) is 0. The van der Waals surface area contributed by atoms with E-state index in [-0.39, 0.29) is 5.56 Å². The number of nitrogens with one attached hydrogen (secondary N) is 2. The molecule has 0 fully saturated rings. The van der Waals surface area contributed by atoms with E-state index in [0.717, 1.165) is 0 Å². The number of hydrogen-bond donors (Lipinski definition) is 3. The number of aromatic nitrogens is 1. The third-order valence-electron chi connectivity index (χ3n) is 3.18. The first-order valence-electron chi connectivity index (χ1n) is 6.68. The van der Waals surface area contributed by atoms with Gasteiger partial charge in [0.05, 0.1) is 5.56 Å². The summed E-state index contributed by atoms with van der Waals surface area (Å²) in [6.07, 6.45) is 0.968. The second-order valence-corrected chi connectivity index (χ2v) is 4.75. The summed E-state index contributed by atoms with van der Waals surface area (Å²) < 4.78 is 0. The van der Waals surface area contributed by atoms with Gasteiger partial charge < -0.3 is 15.4 Å². The lowest BCUT2D eigenvalue weighted by atomic mass is 10.1. The molecule has 1 atom stereocenters. The van der Waals surface area contributed by atoms with Crippen LogP contribution in [0, 0.1) is 0 Å². The maximum Gasteiger partial charge on any atom is 0.326 e. The average Bonchev–Trinajstić information content (AvgIpc) is 2.45. The maximum atomic E-state index is 12.3. The van der Waals surface area contributed by atoms with Crippen molar-refractivity contribution in [2.75, 3.05) is 0 Å². The van der Waals surface area contributed by atoms with Gasteiger partial charge in [-0.15, -0.1) is 0 Å². The van der Waals surface area contributed by atoms with Gasteiger partial charge in [0.1, 0.15) is 6.04 Å². The van der Waals surface area contributed by atoms with Crippen molar-refractivity contribution in [2.45, 2.75) is 25.8 Å². The molecule has 0 saturated heterocycles. The molecule has 0 bridgehead atoms. The van der Waals surface area contributed by atoms with Crippen LogP contribution in [-0.2, 0) is 4.79 Å². The summed E-state index contributed by atoms with van der Waals surface area (Å²) in [6, 6.07) is 7.11. The van der Waals surface area contributed by atoms with Crippen molar-refractivity contribution in [2.24, 2.45) is 0 Å². The van der Waals surface area contributed by atoms with Crippen molar-refractivity contribution in [3.8, 4) is 0 Å². The monoisotopic (exact) mass is 288 g/mol. The van der Waals surface area contributed by atoms with Crippen LogP contribution in [0.3, 0.4) is 0 Å². The van der Waals surface area contributed by atoms with Crippen LogP contribution in [0.5, 0.6) is 0 Å². The average molecular weight is 288 g/mol. The normalized spacial score (nSPS) is 12.0. The van der Waals surface area contributed by atoms with E-state index >= 15 is 0 Å². The molecule has 6 heteroatoms. The third-order valence-corrected chi connectivity index (χ3v) is 3.18. The number of carboxylic acids is 1. The minimum Gasteiger partial charge on any atom is -0.480 e. The lowest BCUT2D eigenvalue weighted by Crippen LogP contribution is -2.41. The Morgan fingerprint density at radius 1 is 1.33 bits per heavy atom. The standard InChI is InChI=1S/C15H16N2O4/c1-2-5-12(15(20)21)17-14(19)10-8-13(18)16-11-7-4-3-6-9(10)11/h3-4,6-8,12H,2,5H2,1H3,(H,16,18)(H,17,19)(H,20,21). The Balaban J connectivity index is 2.39. The minimum absolute atomic E-state index is 0.178. The zero-order valence-electron chi connectivity index (χ0n) is 11.6. The highest BCUT2D eigenvalue weighted by molar-refractivity contribution is 6.06. The Kier molecular flexibility index (Phi) is 4.37. The Labute approximate surface area is 120 Å². The van der Waals surface area contributed by atoms with Crippen molar-refractivity contribution < 1.29 is 14.7 Å². The number of benzene rings is 1. The fourth-order valence-corrected chi connectivity index (χ4v) is 2.17. The first-order chi connectivity index (χ1) is 10.0. The summed E-state index contributed by atoms with van der Waals surface area (Å²) in [6.45, 7) is 1.84. The lowest BCUT2D eigenvalue weighted by Gasteiger charge is -2.14. The zero-order valence-corrected chi connectivity index (χ0v) is 11.6. The molecule has 0 radical (unpaired) electrons. The third kappa shape index (κ3) is 3.28. The Hall–Kier alpha value is -2.63. The van der Waals surface area contributed by atoms with E-state index in [1.54, 1.807) is 24.3 Å². The first-order valence-corrected chi connectivity index (χ1v) is 6.68. The topological polar surface area (TPSA) is 99.3 Å². The molecule has 6 nitrogen and oxygen atoms in total. The van der Waals surface area contributed by atoms with Crippen LogP contribution in [-0.4, -0.2) is 28.0 Å². The number of amides is 1. The van der Waals surface area contributed by atoms with Crippen LogP contribution in [0.2, 0.25) is 0 Å². The van der Waals surface area contributed by atoms with Crippen LogP contribution < -0.4 is 10.9 Å². The van der Waals surface area contributed by atoms with E-state index in [2.05, 4.69) is 10.3 Å². The van der Waals surface area contributed by atoms with E-state index in [9.17, 15) is 14.4 Å². The number of rotatable bonds is 5. The second kappa shape index (κ2) is 6.21. The summed E-state index contributed by atoms with van der Waals surface area (Å²) in [5, 5.41) is 12.1. The van der Waals surface area contributed by atoms with Gasteiger partial charge >= 0.3 is 5.97 Å². The van der Waals surface area contributed by atoms with Crippen molar-refractivity contribution in [3.05, 3.63) is 46.2 Å². The first kappa shape index (κ1) is 14.8. The Morgan fingerprint density at radius 2 is 2.05 bits per heavy atom. The van der Waals surface area contributed by atoms with Crippen molar-refractivity contribution in [1.29, 1.82) is 0 Å². The molecule has 2 aromatic rings. The van der Waals surface area contributed by atoms with Crippen LogP contribution >= 0.6 is 0 Å². The number of carbonyl (C=O) groups is 2. The molecule has 2 rings (SSSR count). The van der Waals surface area contributed by atoms with Gasteiger partial charge in [0.25, 0.3) is 5.91 Å². The lowest BCUT2D eigenvalue weighted by molar-refractivity contribution is -0.139. The van der Waals surface area contributed by atoms with Gasteiger partial charge in [-0.3, -0.25) is 9.59 Å². The van der Waals surface area contributed by atoms with Gasteiger partial charge in [-0.1, -0.05) is 31.5 Å². The highest BCUT2D eigenvalue weighted by atomic mass is 16.4. The van der Waals surface area contributed by atoms with Gasteiger partial charge in [-0.25, -0.2) is 4.79 Å². The fourth-order valence-electron chi connectivity index (χ4n) is 2.17. The Bertz CT molecular complexity index is 736. The van der Waals surface area contributed by atoms with Gasteiger partial charge in [0.15, 0.2) is 0 Å². The number of fused-ring (bicyclic) bond motifs is 1. The molecule has 1 amide bonds. The molecule has 1 heterocycles. The van der Waals surface area contributed by atoms with Crippen molar-refractivity contribution in [3.63, 3.8) is 0 Å². The molecule has 0 aliphatic rings. The quantitative estimate of drug-likeness (QED) is 0.776. The number of para-hydroxylation sites is 1. The number of aliphatic carboxylic acids is 1. The predicted octanol–water partition coefficient (Wildman–Crippen LogP) is 1.51. The van der Waals surface area contributed by atoms with Crippen LogP contribution in [0.1, 0.15) is 30.1 Å². The fraction of sp³-hybridized carbons (Fsp3) is 0.267. The molecular weight excluding hydrogens is 272 g/mol. The van der Waals surface area contributed by atoms with E-state index in [1.165, 1.54) is 6.07 Å². The zero-order chi connectivity index (χ0) is 15.4. The molecule has 0 saturated carbocycles. The SMILES string of the molecule is CCCC(NC(=O)c1cc(=O)[nH]c2ccccc12)C(=O)O. The van der Waals surface area contributed by atoms with E-state index in [1.807, 2.05) is 6.92 Å². The molecular formula is C15H16N2O4. The van der Waals surface area contributed by atoms with E-state index in [4.69, 9.17) is 5.11 Å².